The standard InChI is InChI=1S/C33H51BrO4/c1-18(2)25(34)11-10-22(30(36)37)28-24-16-26(35)29-31(7)14-12-20(5)21(6)23(31)13-15-32(29,8)33(24,9)17-27(28)38-19(3)4/h20-21,23-24,26-27,29,35H,3,10-17H2,1-2,4-9H3,(H,36,37)/b28-22-/t20-,21+,23+,24+,26-,27?,29+,31+,32+,33+/m1/s1. The molecule has 4 aliphatic carbocycles. The van der Waals surface area contributed by atoms with Gasteiger partial charge in [0, 0.05) is 5.57 Å². The summed E-state index contributed by atoms with van der Waals surface area (Å²) in [4.78, 5) is 12.8. The van der Waals surface area contributed by atoms with E-state index in [1.807, 2.05) is 20.8 Å². The number of rotatable bonds is 6. The minimum atomic E-state index is -0.860. The van der Waals surface area contributed by atoms with E-state index in [1.54, 1.807) is 0 Å². The van der Waals surface area contributed by atoms with E-state index in [1.165, 1.54) is 19.3 Å². The highest BCUT2D eigenvalue weighted by atomic mass is 79.9. The monoisotopic (exact) mass is 590 g/mol. The van der Waals surface area contributed by atoms with Crippen LogP contribution in [0.15, 0.2) is 33.5 Å². The SMILES string of the molecule is C=C(C)OC1C[C@@]2(C)[C@@H](C[C@@H](O)[C@H]3[C@@]4(C)CC[C@@H](C)[C@H](C)[C@@H]4CC[C@@]32C)/C1=C(\CCC(Br)=C(C)C)C(=O)O. The highest BCUT2D eigenvalue weighted by molar-refractivity contribution is 9.11. The number of ether oxygens (including phenoxy) is 1. The molecule has 2 N–H and O–H groups in total. The average molecular weight is 592 g/mol. The zero-order valence-electron chi connectivity index (χ0n) is 25.0. The van der Waals surface area contributed by atoms with Gasteiger partial charge in [0.2, 0.25) is 0 Å². The Hall–Kier alpha value is -1.07. The molecule has 0 aromatic heterocycles. The molecule has 0 aliphatic heterocycles. The molecule has 4 saturated carbocycles. The van der Waals surface area contributed by atoms with Gasteiger partial charge in [0.15, 0.2) is 0 Å². The molecule has 0 amide bonds. The van der Waals surface area contributed by atoms with Gasteiger partial charge in [-0.25, -0.2) is 4.79 Å². The second-order valence-electron chi connectivity index (χ2n) is 14.4. The zero-order valence-corrected chi connectivity index (χ0v) is 26.6. The van der Waals surface area contributed by atoms with Gasteiger partial charge in [-0.05, 0) is 128 Å². The number of aliphatic carboxylic acids is 1. The number of allylic oxidation sites excluding steroid dienone is 3. The number of fused-ring (bicyclic) bond motifs is 5. The zero-order chi connectivity index (χ0) is 28.4. The Labute approximate surface area is 239 Å². The molecule has 10 atom stereocenters. The number of aliphatic hydroxyl groups excluding tert-OH is 1. The predicted octanol–water partition coefficient (Wildman–Crippen LogP) is 8.65. The highest BCUT2D eigenvalue weighted by Gasteiger charge is 2.70. The number of halogens is 1. The summed E-state index contributed by atoms with van der Waals surface area (Å²) < 4.78 is 7.42. The first-order valence-corrected chi connectivity index (χ1v) is 15.7. The van der Waals surface area contributed by atoms with E-state index in [0.29, 0.717) is 42.4 Å². The van der Waals surface area contributed by atoms with Crippen LogP contribution in [0, 0.1) is 45.8 Å². The maximum atomic E-state index is 12.8. The Kier molecular flexibility index (Phi) is 8.18. The molecule has 38 heavy (non-hydrogen) atoms. The number of hydrogen-bond acceptors (Lipinski definition) is 3. The van der Waals surface area contributed by atoms with E-state index in [2.05, 4.69) is 57.1 Å². The van der Waals surface area contributed by atoms with Crippen molar-refractivity contribution in [2.24, 2.45) is 45.8 Å². The topological polar surface area (TPSA) is 66.8 Å². The predicted molar refractivity (Wildman–Crippen MR) is 158 cm³/mol. The van der Waals surface area contributed by atoms with E-state index >= 15 is 0 Å². The first kappa shape index (κ1) is 29.9. The Bertz CT molecular complexity index is 1040. The van der Waals surface area contributed by atoms with Gasteiger partial charge in [-0.2, -0.15) is 0 Å². The molecule has 0 heterocycles. The van der Waals surface area contributed by atoms with Crippen molar-refractivity contribution in [3.8, 4) is 0 Å². The number of aliphatic hydroxyl groups is 1. The van der Waals surface area contributed by atoms with Crippen LogP contribution < -0.4 is 0 Å². The lowest BCUT2D eigenvalue weighted by molar-refractivity contribution is -0.229. The van der Waals surface area contributed by atoms with Gasteiger partial charge >= 0.3 is 5.97 Å². The van der Waals surface area contributed by atoms with Gasteiger partial charge in [-0.3, -0.25) is 0 Å². The van der Waals surface area contributed by atoms with Crippen LogP contribution >= 0.6 is 15.9 Å². The lowest BCUT2D eigenvalue weighted by Crippen LogP contribution is -2.65. The van der Waals surface area contributed by atoms with E-state index in [-0.39, 0.29) is 34.2 Å². The van der Waals surface area contributed by atoms with Gasteiger partial charge in [-0.15, -0.1) is 0 Å². The van der Waals surface area contributed by atoms with Crippen LogP contribution in [-0.2, 0) is 9.53 Å². The second-order valence-corrected chi connectivity index (χ2v) is 15.3. The summed E-state index contributed by atoms with van der Waals surface area (Å²) in [6, 6.07) is 0. The van der Waals surface area contributed by atoms with Gasteiger partial charge in [0.25, 0.3) is 0 Å². The molecule has 0 aromatic carbocycles. The average Bonchev–Trinajstić information content (AvgIpc) is 3.08. The summed E-state index contributed by atoms with van der Waals surface area (Å²) in [5.41, 5.74) is 2.40. The fourth-order valence-electron chi connectivity index (χ4n) is 10.0. The third-order valence-electron chi connectivity index (χ3n) is 12.2. The lowest BCUT2D eigenvalue weighted by Gasteiger charge is -2.69. The number of carbonyl (C=O) groups is 1. The van der Waals surface area contributed by atoms with Crippen molar-refractivity contribution in [3.05, 3.63) is 33.5 Å². The van der Waals surface area contributed by atoms with E-state index in [9.17, 15) is 15.0 Å². The van der Waals surface area contributed by atoms with Crippen LogP contribution in [0.25, 0.3) is 0 Å². The molecule has 0 saturated heterocycles. The molecule has 4 rings (SSSR count). The molecule has 214 valence electrons. The van der Waals surface area contributed by atoms with Crippen molar-refractivity contribution >= 4 is 21.9 Å². The molecule has 4 nitrogen and oxygen atoms in total. The van der Waals surface area contributed by atoms with Crippen molar-refractivity contribution in [3.63, 3.8) is 0 Å². The minimum Gasteiger partial charge on any atom is -0.491 e. The van der Waals surface area contributed by atoms with Crippen molar-refractivity contribution in [2.45, 2.75) is 119 Å². The van der Waals surface area contributed by atoms with Crippen molar-refractivity contribution in [1.29, 1.82) is 0 Å². The molecule has 0 spiro atoms. The summed E-state index contributed by atoms with van der Waals surface area (Å²) in [6.07, 6.45) is 6.42. The summed E-state index contributed by atoms with van der Waals surface area (Å²) in [5, 5.41) is 22.5. The highest BCUT2D eigenvalue weighted by Crippen LogP contribution is 2.74. The molecule has 1 unspecified atom stereocenters. The molecule has 0 radical (unpaired) electrons. The van der Waals surface area contributed by atoms with Crippen molar-refractivity contribution in [2.75, 3.05) is 0 Å². The molecule has 4 aliphatic rings. The second kappa shape index (κ2) is 10.4. The van der Waals surface area contributed by atoms with Crippen LogP contribution in [0.5, 0.6) is 0 Å². The van der Waals surface area contributed by atoms with Crippen molar-refractivity contribution in [1.82, 2.24) is 0 Å². The van der Waals surface area contributed by atoms with E-state index < -0.39 is 12.1 Å². The molecule has 0 aromatic rings. The maximum Gasteiger partial charge on any atom is 0.331 e. The van der Waals surface area contributed by atoms with Crippen LogP contribution in [-0.4, -0.2) is 28.4 Å². The fourth-order valence-corrected chi connectivity index (χ4v) is 10.2. The third kappa shape index (κ3) is 4.56. The first-order chi connectivity index (χ1) is 17.6. The Balaban J connectivity index is 1.83. The molecule has 4 fully saturated rings. The lowest BCUT2D eigenvalue weighted by atomic mass is 9.36. The van der Waals surface area contributed by atoms with Crippen molar-refractivity contribution < 1.29 is 19.7 Å². The molecular weight excluding hydrogens is 540 g/mol. The Morgan fingerprint density at radius 3 is 2.32 bits per heavy atom. The normalized spacial score (nSPS) is 45.4. The van der Waals surface area contributed by atoms with Crippen LogP contribution in [0.4, 0.5) is 0 Å². The van der Waals surface area contributed by atoms with Gasteiger partial charge < -0.3 is 14.9 Å². The Morgan fingerprint density at radius 2 is 1.74 bits per heavy atom. The van der Waals surface area contributed by atoms with Crippen LogP contribution in [0.2, 0.25) is 0 Å². The summed E-state index contributed by atoms with van der Waals surface area (Å²) >= 11 is 3.65. The minimum absolute atomic E-state index is 0.0141. The number of hydrogen-bond donors (Lipinski definition) is 2. The van der Waals surface area contributed by atoms with Crippen LogP contribution in [0.1, 0.15) is 107 Å². The fraction of sp³-hybridized carbons (Fsp3) is 0.788. The van der Waals surface area contributed by atoms with Crippen LogP contribution in [0.3, 0.4) is 0 Å². The largest absolute Gasteiger partial charge is 0.491 e. The molecule has 5 heteroatoms. The number of carboxylic acids is 1. The van der Waals surface area contributed by atoms with E-state index in [4.69, 9.17) is 4.74 Å². The Morgan fingerprint density at radius 1 is 1.08 bits per heavy atom. The van der Waals surface area contributed by atoms with Gasteiger partial charge in [0.05, 0.1) is 11.9 Å². The third-order valence-corrected chi connectivity index (χ3v) is 13.4. The van der Waals surface area contributed by atoms with E-state index in [0.717, 1.165) is 34.4 Å². The smallest absolute Gasteiger partial charge is 0.331 e. The molecule has 0 bridgehead atoms. The summed E-state index contributed by atoms with van der Waals surface area (Å²) in [5.74, 6) is 1.99. The number of carboxylic acid groups (broad SMARTS) is 1. The maximum absolute atomic E-state index is 12.8. The molecular formula is C33H51BrO4. The van der Waals surface area contributed by atoms with Gasteiger partial charge in [-0.1, -0.05) is 62.7 Å². The quantitative estimate of drug-likeness (QED) is 0.240. The van der Waals surface area contributed by atoms with Gasteiger partial charge in [0.1, 0.15) is 6.10 Å². The first-order valence-electron chi connectivity index (χ1n) is 14.9. The summed E-state index contributed by atoms with van der Waals surface area (Å²) in [6.45, 7) is 22.1. The summed E-state index contributed by atoms with van der Waals surface area (Å²) in [7, 11) is 0.